The molecule has 1 aromatic carbocycles. The molecule has 1 aromatic rings. The molecule has 4 nitrogen and oxygen atoms in total. The molecule has 0 bridgehead atoms. The van der Waals surface area contributed by atoms with Crippen LogP contribution in [0.1, 0.15) is 11.1 Å². The van der Waals surface area contributed by atoms with Crippen molar-refractivity contribution < 1.29 is 13.2 Å². The summed E-state index contributed by atoms with van der Waals surface area (Å²) in [5, 5.41) is 0. The highest BCUT2D eigenvalue weighted by Crippen LogP contribution is 2.21. The summed E-state index contributed by atoms with van der Waals surface area (Å²) in [6.07, 6.45) is 5.31. The summed E-state index contributed by atoms with van der Waals surface area (Å²) in [5.74, 6) is 2.46. The average Bonchev–Trinajstić information content (AvgIpc) is 2.40. The maximum absolute atomic E-state index is 12.5. The van der Waals surface area contributed by atoms with Crippen molar-refractivity contribution in [1.82, 2.24) is 4.31 Å². The van der Waals surface area contributed by atoms with Gasteiger partial charge in [0.1, 0.15) is 0 Å². The first kappa shape index (κ1) is 13.1. The lowest BCUT2D eigenvalue weighted by Crippen LogP contribution is -2.40. The first-order valence-corrected chi connectivity index (χ1v) is 7.15. The number of benzene rings is 1. The Morgan fingerprint density at radius 2 is 2.00 bits per heavy atom. The van der Waals surface area contributed by atoms with Gasteiger partial charge in [0.2, 0.25) is 10.0 Å². The van der Waals surface area contributed by atoms with Crippen LogP contribution in [0.5, 0.6) is 0 Å². The Bertz CT molecular complexity index is 581. The molecule has 0 unspecified atom stereocenters. The molecule has 1 heterocycles. The van der Waals surface area contributed by atoms with Crippen LogP contribution in [0.2, 0.25) is 0 Å². The number of morpholine rings is 1. The number of hydrogen-bond donors (Lipinski definition) is 0. The molecule has 0 spiro atoms. The molecule has 0 aromatic heterocycles. The minimum absolute atomic E-state index is 0.292. The molecule has 96 valence electrons. The first-order chi connectivity index (χ1) is 8.55. The van der Waals surface area contributed by atoms with Crippen molar-refractivity contribution in [2.45, 2.75) is 11.8 Å². The van der Waals surface area contributed by atoms with Gasteiger partial charge in [0.25, 0.3) is 0 Å². The fourth-order valence-electron chi connectivity index (χ4n) is 1.89. The second-order valence-electron chi connectivity index (χ2n) is 4.14. The fraction of sp³-hybridized carbons (Fsp3) is 0.385. The summed E-state index contributed by atoms with van der Waals surface area (Å²) in [5.41, 5.74) is 1.29. The van der Waals surface area contributed by atoms with E-state index in [1.807, 2.05) is 0 Å². The van der Waals surface area contributed by atoms with Crippen molar-refractivity contribution in [3.8, 4) is 12.3 Å². The van der Waals surface area contributed by atoms with E-state index in [4.69, 9.17) is 11.2 Å². The quantitative estimate of drug-likeness (QED) is 0.749. The highest BCUT2D eigenvalue weighted by molar-refractivity contribution is 7.89. The smallest absolute Gasteiger partial charge is 0.243 e. The van der Waals surface area contributed by atoms with Gasteiger partial charge in [-0.1, -0.05) is 12.0 Å². The topological polar surface area (TPSA) is 46.6 Å². The Kier molecular flexibility index (Phi) is 3.71. The van der Waals surface area contributed by atoms with E-state index >= 15 is 0 Å². The summed E-state index contributed by atoms with van der Waals surface area (Å²) < 4.78 is 31.6. The standard InChI is InChI=1S/C13H15NO3S/c1-3-12-5-4-11(2)13(10-12)18(15,16)14-6-8-17-9-7-14/h1,4-5,10H,6-9H2,2H3. The zero-order chi connectivity index (χ0) is 13.2. The third-order valence-electron chi connectivity index (χ3n) is 2.94. The molecule has 1 fully saturated rings. The molecule has 0 amide bonds. The van der Waals surface area contributed by atoms with Gasteiger partial charge >= 0.3 is 0 Å². The van der Waals surface area contributed by atoms with Crippen molar-refractivity contribution in [2.24, 2.45) is 0 Å². The largest absolute Gasteiger partial charge is 0.379 e. The number of ether oxygens (including phenoxy) is 1. The number of aryl methyl sites for hydroxylation is 1. The van der Waals surface area contributed by atoms with E-state index < -0.39 is 10.0 Å². The second-order valence-corrected chi connectivity index (χ2v) is 6.05. The highest BCUT2D eigenvalue weighted by Gasteiger charge is 2.27. The molecule has 0 atom stereocenters. The Balaban J connectivity index is 2.43. The lowest BCUT2D eigenvalue weighted by atomic mass is 10.2. The van der Waals surface area contributed by atoms with Gasteiger partial charge in [-0.15, -0.1) is 6.42 Å². The van der Waals surface area contributed by atoms with E-state index in [9.17, 15) is 8.42 Å². The van der Waals surface area contributed by atoms with Crippen LogP contribution < -0.4 is 0 Å². The van der Waals surface area contributed by atoms with E-state index in [1.165, 1.54) is 4.31 Å². The molecule has 0 radical (unpaired) electrons. The van der Waals surface area contributed by atoms with E-state index in [0.717, 1.165) is 0 Å². The van der Waals surface area contributed by atoms with Crippen LogP contribution >= 0.6 is 0 Å². The van der Waals surface area contributed by atoms with Crippen molar-refractivity contribution in [2.75, 3.05) is 26.3 Å². The number of hydrogen-bond acceptors (Lipinski definition) is 3. The molecular weight excluding hydrogens is 250 g/mol. The van der Waals surface area contributed by atoms with E-state index in [-0.39, 0.29) is 0 Å². The van der Waals surface area contributed by atoms with Gasteiger partial charge in [-0.3, -0.25) is 0 Å². The Morgan fingerprint density at radius 3 is 2.61 bits per heavy atom. The third kappa shape index (κ3) is 2.41. The molecule has 1 saturated heterocycles. The predicted octanol–water partition coefficient (Wildman–Crippen LogP) is 0.997. The zero-order valence-electron chi connectivity index (χ0n) is 10.2. The summed E-state index contributed by atoms with van der Waals surface area (Å²) in [6.45, 7) is 3.43. The molecule has 0 N–H and O–H groups in total. The van der Waals surface area contributed by atoms with Crippen molar-refractivity contribution in [3.63, 3.8) is 0 Å². The SMILES string of the molecule is C#Cc1ccc(C)c(S(=O)(=O)N2CCOCC2)c1. The molecule has 2 rings (SSSR count). The monoisotopic (exact) mass is 265 g/mol. The Morgan fingerprint density at radius 1 is 1.33 bits per heavy atom. The summed E-state index contributed by atoms with van der Waals surface area (Å²) in [4.78, 5) is 0.292. The molecule has 1 aliphatic heterocycles. The van der Waals surface area contributed by atoms with Crippen molar-refractivity contribution in [1.29, 1.82) is 0 Å². The maximum Gasteiger partial charge on any atom is 0.243 e. The minimum atomic E-state index is -3.47. The Labute approximate surface area is 108 Å². The van der Waals surface area contributed by atoms with Gasteiger partial charge < -0.3 is 4.74 Å². The van der Waals surface area contributed by atoms with Gasteiger partial charge in [0, 0.05) is 18.7 Å². The lowest BCUT2D eigenvalue weighted by molar-refractivity contribution is 0.0730. The lowest BCUT2D eigenvalue weighted by Gasteiger charge is -2.26. The number of terminal acetylenes is 1. The molecule has 18 heavy (non-hydrogen) atoms. The summed E-state index contributed by atoms with van der Waals surface area (Å²) in [6, 6.07) is 5.04. The van der Waals surface area contributed by atoms with Crippen LogP contribution in [0.25, 0.3) is 0 Å². The molecule has 0 aliphatic carbocycles. The van der Waals surface area contributed by atoms with Gasteiger partial charge in [-0.2, -0.15) is 4.31 Å². The molecule has 0 saturated carbocycles. The van der Waals surface area contributed by atoms with Gasteiger partial charge in [-0.05, 0) is 24.6 Å². The van der Waals surface area contributed by atoms with Gasteiger partial charge in [-0.25, -0.2) is 8.42 Å². The maximum atomic E-state index is 12.5. The van der Waals surface area contributed by atoms with Gasteiger partial charge in [0.05, 0.1) is 18.1 Å². The molecule has 1 aliphatic rings. The molecular formula is C13H15NO3S. The first-order valence-electron chi connectivity index (χ1n) is 5.71. The van der Waals surface area contributed by atoms with E-state index in [0.29, 0.717) is 42.3 Å². The van der Waals surface area contributed by atoms with Gasteiger partial charge in [0.15, 0.2) is 0 Å². The van der Waals surface area contributed by atoms with E-state index in [1.54, 1.807) is 25.1 Å². The Hall–Kier alpha value is -1.35. The highest BCUT2D eigenvalue weighted by atomic mass is 32.2. The number of sulfonamides is 1. The van der Waals surface area contributed by atoms with E-state index in [2.05, 4.69) is 5.92 Å². The molecule has 5 heteroatoms. The van der Waals surface area contributed by atoms with Crippen molar-refractivity contribution in [3.05, 3.63) is 29.3 Å². The fourth-order valence-corrected chi connectivity index (χ4v) is 3.55. The third-order valence-corrected chi connectivity index (χ3v) is 4.98. The van der Waals surface area contributed by atoms with Crippen molar-refractivity contribution >= 4 is 10.0 Å². The zero-order valence-corrected chi connectivity index (χ0v) is 11.0. The van der Waals surface area contributed by atoms with Crippen LogP contribution in [-0.2, 0) is 14.8 Å². The van der Waals surface area contributed by atoms with Crippen LogP contribution in [0.3, 0.4) is 0 Å². The predicted molar refractivity (Wildman–Crippen MR) is 68.7 cm³/mol. The average molecular weight is 265 g/mol. The minimum Gasteiger partial charge on any atom is -0.379 e. The van der Waals surface area contributed by atoms with Crippen LogP contribution in [0.15, 0.2) is 23.1 Å². The van der Waals surface area contributed by atoms with Crippen LogP contribution in [0, 0.1) is 19.3 Å². The van der Waals surface area contributed by atoms with Crippen LogP contribution in [-0.4, -0.2) is 39.0 Å². The summed E-state index contributed by atoms with van der Waals surface area (Å²) >= 11 is 0. The second kappa shape index (κ2) is 5.11. The van der Waals surface area contributed by atoms with Crippen LogP contribution in [0.4, 0.5) is 0 Å². The summed E-state index contributed by atoms with van der Waals surface area (Å²) in [7, 11) is -3.47. The normalized spacial score (nSPS) is 17.3. The number of nitrogens with zero attached hydrogens (tertiary/aromatic N) is 1. The number of rotatable bonds is 2.